The van der Waals surface area contributed by atoms with Crippen LogP contribution < -0.4 is 15.4 Å². The first-order valence-corrected chi connectivity index (χ1v) is 13.7. The fraction of sp³-hybridized carbons (Fsp3) is 0.152. The predicted molar refractivity (Wildman–Crippen MR) is 160 cm³/mol. The molecule has 0 fully saturated rings. The molecule has 2 N–H and O–H groups in total. The molecule has 44 heavy (non-hydrogen) atoms. The van der Waals surface area contributed by atoms with Crippen LogP contribution in [0.15, 0.2) is 75.8 Å². The van der Waals surface area contributed by atoms with Gasteiger partial charge >= 0.3 is 0 Å². The Morgan fingerprint density at radius 1 is 0.955 bits per heavy atom. The van der Waals surface area contributed by atoms with Gasteiger partial charge in [0, 0.05) is 43.4 Å². The van der Waals surface area contributed by atoms with Crippen LogP contribution >= 0.6 is 0 Å². The summed E-state index contributed by atoms with van der Waals surface area (Å²) in [4.78, 5) is 34.7. The van der Waals surface area contributed by atoms with Crippen molar-refractivity contribution in [3.8, 4) is 28.2 Å². The van der Waals surface area contributed by atoms with Crippen molar-refractivity contribution in [2.45, 2.75) is 13.3 Å². The van der Waals surface area contributed by atoms with Gasteiger partial charge in [0.05, 0.1) is 29.8 Å². The summed E-state index contributed by atoms with van der Waals surface area (Å²) in [5.41, 5.74) is 3.18. The lowest BCUT2D eigenvalue weighted by Gasteiger charge is -2.15. The number of nitrogens with zero attached hydrogens (tertiary/aromatic N) is 2. The molecule has 3 heterocycles. The maximum Gasteiger partial charge on any atom is 0.255 e. The molecule has 0 aliphatic heterocycles. The average molecular weight is 597 g/mol. The fourth-order valence-corrected chi connectivity index (χ4v) is 5.14. The van der Waals surface area contributed by atoms with Gasteiger partial charge in [0.25, 0.3) is 11.8 Å². The lowest BCUT2D eigenvalue weighted by Crippen LogP contribution is -2.26. The Hall–Kier alpha value is -5.58. The molecule has 3 aromatic carbocycles. The van der Waals surface area contributed by atoms with Crippen molar-refractivity contribution in [2.75, 3.05) is 20.7 Å². The summed E-state index contributed by atoms with van der Waals surface area (Å²) >= 11 is 0. The van der Waals surface area contributed by atoms with E-state index in [1.54, 1.807) is 43.6 Å². The number of hydrogen-bond donors (Lipinski definition) is 2. The molecular formula is C33H26F2N4O5. The van der Waals surface area contributed by atoms with Crippen LogP contribution in [0.25, 0.3) is 44.5 Å². The molecule has 0 atom stereocenters. The van der Waals surface area contributed by atoms with Crippen molar-refractivity contribution in [1.82, 2.24) is 20.6 Å². The minimum Gasteiger partial charge on any atom is -0.496 e. The molecular weight excluding hydrogens is 570 g/mol. The highest BCUT2D eigenvalue weighted by atomic mass is 19.1. The van der Waals surface area contributed by atoms with Crippen molar-refractivity contribution in [3.63, 3.8) is 0 Å². The van der Waals surface area contributed by atoms with Crippen LogP contribution in [0, 0.1) is 18.6 Å². The highest BCUT2D eigenvalue weighted by Crippen LogP contribution is 2.40. The second kappa shape index (κ2) is 11.6. The number of rotatable bonds is 8. The smallest absolute Gasteiger partial charge is 0.255 e. The Labute approximate surface area is 249 Å². The monoisotopic (exact) mass is 596 g/mol. The van der Waals surface area contributed by atoms with Gasteiger partial charge in [-0.2, -0.15) is 0 Å². The summed E-state index contributed by atoms with van der Waals surface area (Å²) < 4.78 is 47.1. The summed E-state index contributed by atoms with van der Waals surface area (Å²) in [6.07, 6.45) is 3.55. The number of fused-ring (bicyclic) bond motifs is 2. The predicted octanol–water partition coefficient (Wildman–Crippen LogP) is 6.23. The minimum atomic E-state index is -0.705. The van der Waals surface area contributed by atoms with Gasteiger partial charge in [0.1, 0.15) is 34.2 Å². The third-order valence-corrected chi connectivity index (χ3v) is 7.29. The van der Waals surface area contributed by atoms with Gasteiger partial charge in [-0.15, -0.1) is 0 Å². The molecule has 6 rings (SSSR count). The van der Waals surface area contributed by atoms with Gasteiger partial charge in [-0.05, 0) is 66.6 Å². The van der Waals surface area contributed by atoms with Gasteiger partial charge in [-0.1, -0.05) is 0 Å². The molecule has 0 aliphatic carbocycles. The first-order valence-electron chi connectivity index (χ1n) is 13.7. The van der Waals surface area contributed by atoms with E-state index < -0.39 is 23.4 Å². The second-order valence-corrected chi connectivity index (χ2v) is 10.0. The molecule has 222 valence electrons. The number of aromatic nitrogens is 2. The van der Waals surface area contributed by atoms with E-state index in [1.807, 2.05) is 0 Å². The normalized spacial score (nSPS) is 11.2. The van der Waals surface area contributed by atoms with E-state index in [4.69, 9.17) is 13.6 Å². The standard InChI is InChI=1S/C33H26F2N4O5/c1-17-14-26(42-3)22(32(40)38-13-11-27-39-23-16-37-12-10-24(23)43-27)15-21(17)20-8-9-25-28(30(20)35)29(33(41)36-2)31(44-25)18-4-6-19(34)7-5-18/h4-10,12,14-16H,11,13H2,1-3H3,(H,36,41)(H,38,40). The average Bonchev–Trinajstić information content (AvgIpc) is 3.63. The van der Waals surface area contributed by atoms with Gasteiger partial charge in [-0.3, -0.25) is 14.6 Å². The van der Waals surface area contributed by atoms with E-state index in [0.29, 0.717) is 45.9 Å². The number of carbonyl (C=O) groups is 2. The summed E-state index contributed by atoms with van der Waals surface area (Å²) in [5, 5.41) is 5.34. The lowest BCUT2D eigenvalue weighted by molar-refractivity contribution is 0.0946. The van der Waals surface area contributed by atoms with E-state index in [0.717, 1.165) is 0 Å². The van der Waals surface area contributed by atoms with E-state index in [2.05, 4.69) is 20.6 Å². The van der Waals surface area contributed by atoms with Crippen molar-refractivity contribution < 1.29 is 31.9 Å². The number of oxazole rings is 1. The summed E-state index contributed by atoms with van der Waals surface area (Å²) in [5.74, 6) is -1.30. The minimum absolute atomic E-state index is 0.0208. The number of hydrogen-bond acceptors (Lipinski definition) is 7. The largest absolute Gasteiger partial charge is 0.496 e. The molecule has 0 aliphatic rings. The van der Waals surface area contributed by atoms with Crippen LogP contribution in [0.2, 0.25) is 0 Å². The Morgan fingerprint density at radius 2 is 1.75 bits per heavy atom. The maximum atomic E-state index is 16.4. The number of furan rings is 1. The van der Waals surface area contributed by atoms with Crippen LogP contribution in [-0.2, 0) is 6.42 Å². The molecule has 6 aromatic rings. The zero-order valence-corrected chi connectivity index (χ0v) is 24.0. The number of methoxy groups -OCH3 is 1. The van der Waals surface area contributed by atoms with E-state index in [-0.39, 0.29) is 40.0 Å². The first-order chi connectivity index (χ1) is 21.3. The number of ether oxygens (including phenoxy) is 1. The zero-order valence-electron chi connectivity index (χ0n) is 24.0. The molecule has 9 nitrogen and oxygen atoms in total. The second-order valence-electron chi connectivity index (χ2n) is 10.0. The van der Waals surface area contributed by atoms with Crippen LogP contribution in [0.5, 0.6) is 5.75 Å². The number of carbonyl (C=O) groups excluding carboxylic acids is 2. The summed E-state index contributed by atoms with van der Waals surface area (Å²) in [6.45, 7) is 1.99. The third kappa shape index (κ3) is 5.13. The topological polar surface area (TPSA) is 119 Å². The Bertz CT molecular complexity index is 2020. The number of nitrogens with one attached hydrogen (secondary N) is 2. The number of benzene rings is 3. The Balaban J connectivity index is 1.36. The fourth-order valence-electron chi connectivity index (χ4n) is 5.14. The van der Waals surface area contributed by atoms with Crippen LogP contribution in [0.1, 0.15) is 32.2 Å². The Morgan fingerprint density at radius 3 is 2.48 bits per heavy atom. The van der Waals surface area contributed by atoms with Crippen LogP contribution in [-0.4, -0.2) is 42.5 Å². The van der Waals surface area contributed by atoms with Crippen LogP contribution in [0.3, 0.4) is 0 Å². The van der Waals surface area contributed by atoms with Crippen molar-refractivity contribution >= 4 is 33.9 Å². The Kier molecular flexibility index (Phi) is 7.52. The maximum absolute atomic E-state index is 16.4. The molecule has 0 unspecified atom stereocenters. The third-order valence-electron chi connectivity index (χ3n) is 7.29. The molecule has 0 saturated heterocycles. The van der Waals surface area contributed by atoms with Crippen molar-refractivity contribution in [3.05, 3.63) is 101 Å². The van der Waals surface area contributed by atoms with E-state index in [1.165, 1.54) is 44.5 Å². The SMILES string of the molecule is CNC(=O)c1c(-c2ccc(F)cc2)oc2ccc(-c3cc(C(=O)NCCc4nc5cnccc5o4)c(OC)cc3C)c(F)c12. The number of amides is 2. The number of aryl methyl sites for hydroxylation is 1. The van der Waals surface area contributed by atoms with Crippen molar-refractivity contribution in [1.29, 1.82) is 0 Å². The van der Waals surface area contributed by atoms with Gasteiger partial charge in [0.2, 0.25) is 0 Å². The highest BCUT2D eigenvalue weighted by molar-refractivity contribution is 6.12. The van der Waals surface area contributed by atoms with E-state index in [9.17, 15) is 14.0 Å². The molecule has 11 heteroatoms. The molecule has 0 bridgehead atoms. The molecule has 0 radical (unpaired) electrons. The van der Waals surface area contributed by atoms with E-state index >= 15 is 4.39 Å². The highest BCUT2D eigenvalue weighted by Gasteiger charge is 2.27. The molecule has 0 spiro atoms. The van der Waals surface area contributed by atoms with Gasteiger partial charge < -0.3 is 24.2 Å². The molecule has 2 amide bonds. The summed E-state index contributed by atoms with van der Waals surface area (Å²) in [7, 11) is 2.87. The number of halogens is 2. The quantitative estimate of drug-likeness (QED) is 0.214. The summed E-state index contributed by atoms with van der Waals surface area (Å²) in [6, 6.07) is 13.4. The lowest BCUT2D eigenvalue weighted by atomic mass is 9.94. The zero-order chi connectivity index (χ0) is 31.0. The van der Waals surface area contributed by atoms with Gasteiger partial charge in [-0.25, -0.2) is 13.8 Å². The van der Waals surface area contributed by atoms with Crippen molar-refractivity contribution in [2.24, 2.45) is 0 Å². The first kappa shape index (κ1) is 28.5. The van der Waals surface area contributed by atoms with Gasteiger partial charge in [0.15, 0.2) is 11.5 Å². The van der Waals surface area contributed by atoms with Crippen LogP contribution in [0.4, 0.5) is 8.78 Å². The molecule has 3 aromatic heterocycles. The number of pyridine rings is 1. The molecule has 0 saturated carbocycles.